The Bertz CT molecular complexity index is 1570. The van der Waals surface area contributed by atoms with Crippen LogP contribution in [-0.4, -0.2) is 52.0 Å². The van der Waals surface area contributed by atoms with Gasteiger partial charge in [0.1, 0.15) is 0 Å². The topological polar surface area (TPSA) is 101 Å². The van der Waals surface area contributed by atoms with Gasteiger partial charge in [0.2, 0.25) is 11.8 Å². The molecular formula is C35H37N3O5. The molecule has 3 atom stereocenters. The summed E-state index contributed by atoms with van der Waals surface area (Å²) < 4.78 is 0. The van der Waals surface area contributed by atoms with Crippen LogP contribution in [0.2, 0.25) is 0 Å². The summed E-state index contributed by atoms with van der Waals surface area (Å²) in [6, 6.07) is 22.6. The molecule has 43 heavy (non-hydrogen) atoms. The van der Waals surface area contributed by atoms with Crippen LogP contribution in [0.25, 0.3) is 0 Å². The molecule has 0 unspecified atom stereocenters. The van der Waals surface area contributed by atoms with Crippen molar-refractivity contribution >= 4 is 29.1 Å². The van der Waals surface area contributed by atoms with Crippen LogP contribution < -0.4 is 9.80 Å². The third kappa shape index (κ3) is 5.26. The first-order chi connectivity index (χ1) is 20.8. The molecule has 0 saturated carbocycles. The van der Waals surface area contributed by atoms with Crippen LogP contribution in [0, 0.1) is 5.92 Å². The average Bonchev–Trinajstić information content (AvgIpc) is 3.56. The van der Waals surface area contributed by atoms with Gasteiger partial charge in [-0.2, -0.15) is 0 Å². The van der Waals surface area contributed by atoms with Gasteiger partial charge in [0.25, 0.3) is 5.91 Å². The maximum absolute atomic E-state index is 13.9. The third-order valence-corrected chi connectivity index (χ3v) is 9.10. The SMILES string of the molecule is C[C@@H](/C=C/CC(=O)N1Cc2ccccc2C[C@H]1CO)[C@]1(O)C(=O)N(Cc2ccc(N3CCCC3=O)cc2)c2ccccc21. The van der Waals surface area contributed by atoms with E-state index in [2.05, 4.69) is 0 Å². The molecule has 0 aliphatic carbocycles. The van der Waals surface area contributed by atoms with E-state index in [4.69, 9.17) is 0 Å². The number of rotatable bonds is 8. The summed E-state index contributed by atoms with van der Waals surface area (Å²) in [5.41, 5.74) is 3.38. The molecule has 1 saturated heterocycles. The Morgan fingerprint density at radius 1 is 1.02 bits per heavy atom. The molecule has 0 aromatic heterocycles. The van der Waals surface area contributed by atoms with Crippen LogP contribution in [0.4, 0.5) is 11.4 Å². The fraction of sp³-hybridized carbons (Fsp3) is 0.343. The van der Waals surface area contributed by atoms with E-state index in [0.29, 0.717) is 37.2 Å². The number of hydrogen-bond acceptors (Lipinski definition) is 5. The first-order valence-electron chi connectivity index (χ1n) is 15.0. The van der Waals surface area contributed by atoms with Gasteiger partial charge in [-0.05, 0) is 47.7 Å². The minimum atomic E-state index is -1.78. The smallest absolute Gasteiger partial charge is 0.264 e. The Balaban J connectivity index is 1.16. The normalized spacial score (nSPS) is 22.3. The quantitative estimate of drug-likeness (QED) is 0.392. The first-order valence-corrected chi connectivity index (χ1v) is 15.0. The van der Waals surface area contributed by atoms with Crippen molar-refractivity contribution in [3.8, 4) is 0 Å². The highest BCUT2D eigenvalue weighted by atomic mass is 16.3. The number of aliphatic hydroxyl groups excluding tert-OH is 1. The molecule has 0 radical (unpaired) electrons. The Hall–Kier alpha value is -4.27. The van der Waals surface area contributed by atoms with Crippen molar-refractivity contribution in [3.05, 3.63) is 107 Å². The number of anilines is 2. The Morgan fingerprint density at radius 3 is 2.47 bits per heavy atom. The molecule has 1 fully saturated rings. The highest BCUT2D eigenvalue weighted by Crippen LogP contribution is 2.45. The molecule has 0 spiro atoms. The number of carbonyl (C=O) groups excluding carboxylic acids is 3. The molecule has 0 bridgehead atoms. The summed E-state index contributed by atoms with van der Waals surface area (Å²) in [5, 5.41) is 21.9. The van der Waals surface area contributed by atoms with Crippen molar-refractivity contribution in [2.45, 2.75) is 57.3 Å². The van der Waals surface area contributed by atoms with E-state index in [1.54, 1.807) is 39.8 Å². The van der Waals surface area contributed by atoms with Crippen molar-refractivity contribution in [3.63, 3.8) is 0 Å². The lowest BCUT2D eigenvalue weighted by Gasteiger charge is -2.36. The van der Waals surface area contributed by atoms with E-state index >= 15 is 0 Å². The average molecular weight is 580 g/mol. The lowest BCUT2D eigenvalue weighted by atomic mass is 9.83. The van der Waals surface area contributed by atoms with Crippen LogP contribution >= 0.6 is 0 Å². The Kier molecular flexibility index (Phi) is 7.90. The van der Waals surface area contributed by atoms with Crippen LogP contribution in [0.1, 0.15) is 48.4 Å². The zero-order valence-electron chi connectivity index (χ0n) is 24.4. The zero-order chi connectivity index (χ0) is 30.1. The number of fused-ring (bicyclic) bond motifs is 2. The first kappa shape index (κ1) is 28.8. The van der Waals surface area contributed by atoms with Gasteiger partial charge in [0.05, 0.1) is 24.9 Å². The standard InChI is InChI=1S/C35H37N3O5/c1-24(8-6-13-33(41)37-22-27-10-3-2-9-26(27)20-29(37)23-39)35(43)30-11-4-5-12-31(30)38(34(35)42)21-25-15-17-28(18-16-25)36-19-7-14-32(36)40/h2-6,8-12,15-18,24,29,39,43H,7,13-14,19-23H2,1H3/b8-6+/t24-,29-,35+/m0/s1. The Labute approximate surface area is 251 Å². The number of aliphatic hydroxyl groups is 2. The van der Waals surface area contributed by atoms with Crippen LogP contribution in [0.15, 0.2) is 84.9 Å². The lowest BCUT2D eigenvalue weighted by Crippen LogP contribution is -2.46. The molecule has 3 amide bonds. The third-order valence-electron chi connectivity index (χ3n) is 9.10. The van der Waals surface area contributed by atoms with Gasteiger partial charge in [-0.25, -0.2) is 0 Å². The highest BCUT2D eigenvalue weighted by Gasteiger charge is 2.52. The van der Waals surface area contributed by atoms with Gasteiger partial charge in [-0.1, -0.05) is 73.7 Å². The zero-order valence-corrected chi connectivity index (χ0v) is 24.4. The van der Waals surface area contributed by atoms with Crippen molar-refractivity contribution in [2.75, 3.05) is 23.0 Å². The number of benzene rings is 3. The number of hydrogen-bond donors (Lipinski definition) is 2. The molecule has 3 aliphatic heterocycles. The number of carbonyl (C=O) groups is 3. The largest absolute Gasteiger partial charge is 0.394 e. The minimum absolute atomic E-state index is 0.102. The fourth-order valence-electron chi connectivity index (χ4n) is 6.62. The Morgan fingerprint density at radius 2 is 1.74 bits per heavy atom. The van der Waals surface area contributed by atoms with Crippen molar-refractivity contribution in [1.29, 1.82) is 0 Å². The summed E-state index contributed by atoms with van der Waals surface area (Å²) in [6.45, 7) is 3.12. The van der Waals surface area contributed by atoms with Gasteiger partial charge in [0, 0.05) is 43.1 Å². The summed E-state index contributed by atoms with van der Waals surface area (Å²) in [6.07, 6.45) is 5.59. The van der Waals surface area contributed by atoms with E-state index in [0.717, 1.165) is 28.8 Å². The van der Waals surface area contributed by atoms with E-state index < -0.39 is 17.4 Å². The number of nitrogens with zero attached hydrogens (tertiary/aromatic N) is 3. The van der Waals surface area contributed by atoms with Crippen molar-refractivity contribution in [1.82, 2.24) is 4.90 Å². The molecule has 3 heterocycles. The predicted octanol–water partition coefficient (Wildman–Crippen LogP) is 4.08. The monoisotopic (exact) mass is 579 g/mol. The molecule has 8 heteroatoms. The van der Waals surface area contributed by atoms with Gasteiger partial charge in [-0.3, -0.25) is 14.4 Å². The molecule has 222 valence electrons. The van der Waals surface area contributed by atoms with Gasteiger partial charge >= 0.3 is 0 Å². The second-order valence-corrected chi connectivity index (χ2v) is 11.7. The molecule has 8 nitrogen and oxygen atoms in total. The lowest BCUT2D eigenvalue weighted by molar-refractivity contribution is -0.139. The van der Waals surface area contributed by atoms with Crippen molar-refractivity contribution < 1.29 is 24.6 Å². The summed E-state index contributed by atoms with van der Waals surface area (Å²) in [5.74, 6) is -0.996. The van der Waals surface area contributed by atoms with Gasteiger partial charge in [-0.15, -0.1) is 0 Å². The molecular weight excluding hydrogens is 542 g/mol. The molecule has 3 aliphatic rings. The number of amides is 3. The van der Waals surface area contributed by atoms with Crippen molar-refractivity contribution in [2.24, 2.45) is 5.92 Å². The van der Waals surface area contributed by atoms with E-state index in [1.165, 1.54) is 0 Å². The second-order valence-electron chi connectivity index (χ2n) is 11.7. The van der Waals surface area contributed by atoms with E-state index in [-0.39, 0.29) is 37.4 Å². The predicted molar refractivity (Wildman–Crippen MR) is 164 cm³/mol. The second kappa shape index (κ2) is 11.8. The molecule has 3 aromatic rings. The maximum Gasteiger partial charge on any atom is 0.264 e. The van der Waals surface area contributed by atoms with Crippen LogP contribution in [-0.2, 0) is 39.5 Å². The minimum Gasteiger partial charge on any atom is -0.394 e. The molecule has 3 aromatic carbocycles. The highest BCUT2D eigenvalue weighted by molar-refractivity contribution is 6.07. The number of para-hydroxylation sites is 1. The fourth-order valence-corrected chi connectivity index (χ4v) is 6.62. The molecule has 2 N–H and O–H groups in total. The maximum atomic E-state index is 13.9. The van der Waals surface area contributed by atoms with Crippen LogP contribution in [0.3, 0.4) is 0 Å². The summed E-state index contributed by atoms with van der Waals surface area (Å²) >= 11 is 0. The van der Waals surface area contributed by atoms with E-state index in [9.17, 15) is 24.6 Å². The summed E-state index contributed by atoms with van der Waals surface area (Å²) in [7, 11) is 0. The summed E-state index contributed by atoms with van der Waals surface area (Å²) in [4.78, 5) is 44.3. The van der Waals surface area contributed by atoms with E-state index in [1.807, 2.05) is 66.7 Å². The molecule has 6 rings (SSSR count). The van der Waals surface area contributed by atoms with Crippen LogP contribution in [0.5, 0.6) is 0 Å². The van der Waals surface area contributed by atoms with Gasteiger partial charge < -0.3 is 24.9 Å². The van der Waals surface area contributed by atoms with Gasteiger partial charge in [0.15, 0.2) is 5.60 Å².